The van der Waals surface area contributed by atoms with E-state index in [1.165, 1.54) is 11.1 Å². The molecule has 0 amide bonds. The molecule has 2 aliphatic rings. The number of pyridine rings is 4. The fourth-order valence-electron chi connectivity index (χ4n) is 6.99. The van der Waals surface area contributed by atoms with E-state index < -0.39 is 0 Å². The number of benzene rings is 2. The van der Waals surface area contributed by atoms with E-state index in [9.17, 15) is 0 Å². The number of hydrogen-bond acceptors (Lipinski definition) is 8. The Kier molecular flexibility index (Phi) is 8.65. The zero-order chi connectivity index (χ0) is 33.9. The Morgan fingerprint density at radius 1 is 0.420 bits per heavy atom. The summed E-state index contributed by atoms with van der Waals surface area (Å²) in [6, 6.07) is 30.3. The molecule has 2 aromatic carbocycles. The molecular formula is C42H40N8. The number of unbranched alkanes of at least 4 members (excludes halogenated alkanes) is 2. The standard InChI is InChI=1S/C42H40N8/c1-3-5-11-31-17-19-37-39(25-31)49(35-15-9-23-45-29-35)41(47(37)33-13-7-21-43-27-33)42-48(34-14-8-22-44-28-34)38-20-18-32(12-6-4-2)26-40(38)50(42)36-16-10-24-46-30-36/h7-10,13-30H,3-6,11-12H2,1-2H3/b42-41+. The number of rotatable bonds is 10. The molecule has 0 aliphatic carbocycles. The minimum absolute atomic E-state index is 0.952. The van der Waals surface area contributed by atoms with E-state index in [-0.39, 0.29) is 0 Å². The van der Waals surface area contributed by atoms with Crippen LogP contribution in [0, 0.1) is 0 Å². The molecule has 0 N–H and O–H groups in total. The first-order valence-electron chi connectivity index (χ1n) is 17.6. The van der Waals surface area contributed by atoms with E-state index in [0.717, 1.165) is 95.7 Å². The lowest BCUT2D eigenvalue weighted by atomic mass is 10.1. The summed E-state index contributed by atoms with van der Waals surface area (Å²) < 4.78 is 0. The van der Waals surface area contributed by atoms with Gasteiger partial charge >= 0.3 is 0 Å². The third-order valence-electron chi connectivity index (χ3n) is 9.34. The minimum atomic E-state index is 0.952. The van der Waals surface area contributed by atoms with E-state index in [0.29, 0.717) is 0 Å². The Hall–Kier alpha value is -6.02. The molecule has 6 aromatic rings. The lowest BCUT2D eigenvalue weighted by Crippen LogP contribution is -2.33. The van der Waals surface area contributed by atoms with Crippen LogP contribution in [0.4, 0.5) is 45.5 Å². The van der Waals surface area contributed by atoms with Crippen molar-refractivity contribution >= 4 is 45.5 Å². The van der Waals surface area contributed by atoms with Crippen molar-refractivity contribution in [3.8, 4) is 0 Å². The van der Waals surface area contributed by atoms with Gasteiger partial charge in [0.1, 0.15) is 0 Å². The van der Waals surface area contributed by atoms with Crippen molar-refractivity contribution in [3.05, 3.63) is 157 Å². The highest BCUT2D eigenvalue weighted by molar-refractivity contribution is 6.00. The molecule has 0 atom stereocenters. The molecular weight excluding hydrogens is 617 g/mol. The third-order valence-corrected chi connectivity index (χ3v) is 9.34. The summed E-state index contributed by atoms with van der Waals surface area (Å²) >= 11 is 0. The molecule has 248 valence electrons. The third kappa shape index (κ3) is 5.62. The highest BCUT2D eigenvalue weighted by atomic mass is 15.5. The quantitative estimate of drug-likeness (QED) is 0.144. The van der Waals surface area contributed by atoms with Crippen LogP contribution in [0.25, 0.3) is 0 Å². The SMILES string of the molecule is CCCCc1ccc2c(c1)N(c1cccnc1)/C(=C1\N(c3cccnc3)c3ccc(CCCC)cc3N1c1cccnc1)N2c1cccnc1. The molecule has 0 bridgehead atoms. The van der Waals surface area contributed by atoms with Crippen LogP contribution in [0.5, 0.6) is 0 Å². The van der Waals surface area contributed by atoms with Gasteiger partial charge in [0, 0.05) is 24.8 Å². The lowest BCUT2D eigenvalue weighted by molar-refractivity contribution is 0.795. The Morgan fingerprint density at radius 2 is 0.760 bits per heavy atom. The van der Waals surface area contributed by atoms with Crippen molar-refractivity contribution in [2.45, 2.75) is 52.4 Å². The van der Waals surface area contributed by atoms with Gasteiger partial charge in [-0.2, -0.15) is 0 Å². The van der Waals surface area contributed by atoms with Crippen LogP contribution in [0.2, 0.25) is 0 Å². The van der Waals surface area contributed by atoms with Gasteiger partial charge in [0.05, 0.1) is 70.3 Å². The maximum absolute atomic E-state index is 4.62. The Bertz CT molecular complexity index is 1950. The summed E-state index contributed by atoms with van der Waals surface area (Å²) in [6.45, 7) is 4.49. The van der Waals surface area contributed by atoms with E-state index in [2.05, 4.69) is 114 Å². The normalized spacial score (nSPS) is 15.1. The predicted molar refractivity (Wildman–Crippen MR) is 203 cm³/mol. The van der Waals surface area contributed by atoms with E-state index in [1.54, 1.807) is 0 Å². The lowest BCUT2D eigenvalue weighted by Gasteiger charge is -2.33. The van der Waals surface area contributed by atoms with Gasteiger partial charge in [0.15, 0.2) is 11.6 Å². The number of nitrogens with zero attached hydrogens (tertiary/aromatic N) is 8. The second kappa shape index (κ2) is 13.8. The van der Waals surface area contributed by atoms with Crippen LogP contribution in [0.3, 0.4) is 0 Å². The molecule has 0 fully saturated rings. The van der Waals surface area contributed by atoms with Crippen molar-refractivity contribution in [1.82, 2.24) is 19.9 Å². The second-order valence-electron chi connectivity index (χ2n) is 12.7. The Balaban J connectivity index is 1.49. The van der Waals surface area contributed by atoms with Gasteiger partial charge in [-0.05, 0) is 110 Å². The Labute approximate surface area is 294 Å². The highest BCUT2D eigenvalue weighted by Gasteiger charge is 2.44. The molecule has 0 saturated carbocycles. The summed E-state index contributed by atoms with van der Waals surface area (Å²) in [5.74, 6) is 1.90. The maximum atomic E-state index is 4.62. The molecule has 0 saturated heterocycles. The average Bonchev–Trinajstić information content (AvgIpc) is 3.70. The number of hydrogen-bond donors (Lipinski definition) is 0. The molecule has 4 aromatic heterocycles. The molecule has 0 radical (unpaired) electrons. The topological polar surface area (TPSA) is 64.5 Å². The smallest absolute Gasteiger partial charge is 0.166 e. The number of anilines is 8. The molecule has 8 heteroatoms. The largest absolute Gasteiger partial charge is 0.289 e. The molecule has 8 nitrogen and oxygen atoms in total. The minimum Gasteiger partial charge on any atom is -0.289 e. The fraction of sp³-hybridized carbons (Fsp3) is 0.190. The first-order chi connectivity index (χ1) is 24.8. The molecule has 0 unspecified atom stereocenters. The molecule has 50 heavy (non-hydrogen) atoms. The Morgan fingerprint density at radius 3 is 1.06 bits per heavy atom. The summed E-state index contributed by atoms with van der Waals surface area (Å²) in [4.78, 5) is 27.9. The van der Waals surface area contributed by atoms with E-state index >= 15 is 0 Å². The van der Waals surface area contributed by atoms with Crippen LogP contribution < -0.4 is 19.6 Å². The van der Waals surface area contributed by atoms with Crippen LogP contribution in [0.15, 0.2) is 146 Å². The summed E-state index contributed by atoms with van der Waals surface area (Å²) in [5.41, 5.74) is 10.8. The fourth-order valence-corrected chi connectivity index (χ4v) is 6.99. The van der Waals surface area contributed by atoms with E-state index in [1.807, 2.05) is 73.8 Å². The summed E-state index contributed by atoms with van der Waals surface area (Å²) in [6.07, 6.45) is 21.7. The molecule has 8 rings (SSSR count). The van der Waals surface area contributed by atoms with Crippen LogP contribution in [-0.2, 0) is 12.8 Å². The van der Waals surface area contributed by atoms with Gasteiger partial charge in [-0.15, -0.1) is 0 Å². The first-order valence-corrected chi connectivity index (χ1v) is 17.6. The summed E-state index contributed by atoms with van der Waals surface area (Å²) in [7, 11) is 0. The molecule has 2 aliphatic heterocycles. The van der Waals surface area contributed by atoms with Crippen molar-refractivity contribution in [3.63, 3.8) is 0 Å². The van der Waals surface area contributed by atoms with Gasteiger partial charge in [-0.1, -0.05) is 38.8 Å². The van der Waals surface area contributed by atoms with Crippen LogP contribution in [-0.4, -0.2) is 19.9 Å². The van der Waals surface area contributed by atoms with E-state index in [4.69, 9.17) is 0 Å². The van der Waals surface area contributed by atoms with Gasteiger partial charge in [-0.25, -0.2) is 0 Å². The average molecular weight is 657 g/mol. The van der Waals surface area contributed by atoms with Crippen LogP contribution >= 0.6 is 0 Å². The van der Waals surface area contributed by atoms with Gasteiger partial charge < -0.3 is 0 Å². The number of fused-ring (bicyclic) bond motifs is 2. The highest BCUT2D eigenvalue weighted by Crippen LogP contribution is 2.57. The van der Waals surface area contributed by atoms with Crippen LogP contribution in [0.1, 0.15) is 50.7 Å². The number of aryl methyl sites for hydroxylation is 2. The van der Waals surface area contributed by atoms with Crippen molar-refractivity contribution in [1.29, 1.82) is 0 Å². The molecule has 6 heterocycles. The van der Waals surface area contributed by atoms with Gasteiger partial charge in [0.2, 0.25) is 0 Å². The number of aromatic nitrogens is 4. The van der Waals surface area contributed by atoms with Crippen molar-refractivity contribution < 1.29 is 0 Å². The zero-order valence-corrected chi connectivity index (χ0v) is 28.5. The van der Waals surface area contributed by atoms with Gasteiger partial charge in [0.25, 0.3) is 0 Å². The van der Waals surface area contributed by atoms with Gasteiger partial charge in [-0.3, -0.25) is 39.5 Å². The van der Waals surface area contributed by atoms with Crippen molar-refractivity contribution in [2.75, 3.05) is 19.6 Å². The first kappa shape index (κ1) is 31.3. The maximum Gasteiger partial charge on any atom is 0.166 e. The zero-order valence-electron chi connectivity index (χ0n) is 28.5. The monoisotopic (exact) mass is 656 g/mol. The molecule has 0 spiro atoms. The van der Waals surface area contributed by atoms with Crippen molar-refractivity contribution in [2.24, 2.45) is 0 Å². The predicted octanol–water partition coefficient (Wildman–Crippen LogP) is 10.4. The summed E-state index contributed by atoms with van der Waals surface area (Å²) in [5, 5.41) is 0. The second-order valence-corrected chi connectivity index (χ2v) is 12.7.